The van der Waals surface area contributed by atoms with Crippen molar-refractivity contribution in [3.05, 3.63) is 34.9 Å². The van der Waals surface area contributed by atoms with Gasteiger partial charge in [0, 0.05) is 18.4 Å². The van der Waals surface area contributed by atoms with Crippen LogP contribution in [0.25, 0.3) is 0 Å². The second-order valence-electron chi connectivity index (χ2n) is 6.59. The van der Waals surface area contributed by atoms with Gasteiger partial charge in [-0.25, -0.2) is 4.79 Å². The van der Waals surface area contributed by atoms with Gasteiger partial charge in [-0.1, -0.05) is 34.9 Å². The predicted molar refractivity (Wildman–Crippen MR) is 108 cm³/mol. The molecule has 0 rings (SSSR count). The summed E-state index contributed by atoms with van der Waals surface area (Å²) >= 11 is 1.52. The van der Waals surface area contributed by atoms with Crippen LogP contribution in [0.2, 0.25) is 0 Å². The van der Waals surface area contributed by atoms with Gasteiger partial charge in [-0.2, -0.15) is 11.8 Å². The monoisotopic (exact) mass is 367 g/mol. The molecule has 0 spiro atoms. The van der Waals surface area contributed by atoms with Crippen molar-refractivity contribution in [2.24, 2.45) is 0 Å². The zero-order valence-electron chi connectivity index (χ0n) is 16.2. The number of amides is 1. The van der Waals surface area contributed by atoms with Crippen LogP contribution < -0.4 is 5.32 Å². The van der Waals surface area contributed by atoms with Crippen molar-refractivity contribution >= 4 is 23.6 Å². The Hall–Kier alpha value is -1.49. The molecular formula is C20H33NO3S. The maximum Gasteiger partial charge on any atom is 0.327 e. The van der Waals surface area contributed by atoms with Crippen LogP contribution in [0.3, 0.4) is 0 Å². The Morgan fingerprint density at radius 2 is 1.52 bits per heavy atom. The zero-order valence-corrected chi connectivity index (χ0v) is 17.0. The minimum Gasteiger partial charge on any atom is -0.480 e. The number of carboxylic acids is 1. The van der Waals surface area contributed by atoms with Gasteiger partial charge in [0.1, 0.15) is 6.04 Å². The van der Waals surface area contributed by atoms with Crippen molar-refractivity contribution in [2.45, 2.75) is 66.3 Å². The molecule has 4 nitrogen and oxygen atoms in total. The Morgan fingerprint density at radius 3 is 2.04 bits per heavy atom. The van der Waals surface area contributed by atoms with Crippen molar-refractivity contribution < 1.29 is 14.7 Å². The van der Waals surface area contributed by atoms with Crippen molar-refractivity contribution in [2.75, 3.05) is 11.5 Å². The molecule has 0 saturated heterocycles. The van der Waals surface area contributed by atoms with Gasteiger partial charge in [0.25, 0.3) is 0 Å². The molecule has 2 N–H and O–H groups in total. The summed E-state index contributed by atoms with van der Waals surface area (Å²) in [5, 5.41) is 11.5. The third kappa shape index (κ3) is 14.6. The summed E-state index contributed by atoms with van der Waals surface area (Å²) < 4.78 is 0. The van der Waals surface area contributed by atoms with Gasteiger partial charge in [-0.05, 0) is 53.4 Å². The molecule has 5 heteroatoms. The molecule has 25 heavy (non-hydrogen) atoms. The van der Waals surface area contributed by atoms with E-state index in [1.165, 1.54) is 35.4 Å². The number of carboxylic acid groups (broad SMARTS) is 1. The van der Waals surface area contributed by atoms with E-state index in [2.05, 4.69) is 51.2 Å². The fourth-order valence-electron chi connectivity index (χ4n) is 2.15. The summed E-state index contributed by atoms with van der Waals surface area (Å²) in [5.41, 5.74) is 4.11. The highest BCUT2D eigenvalue weighted by Gasteiger charge is 2.17. The SMILES string of the molecule is CC(=O)N[C@@H](CSC/C=C(\C)CC/C=C(/C)CCC=C(C)C)C(=O)O. The van der Waals surface area contributed by atoms with E-state index in [0.717, 1.165) is 31.4 Å². The maximum absolute atomic E-state index is 11.0. The first-order valence-electron chi connectivity index (χ1n) is 8.74. The average molecular weight is 368 g/mol. The number of rotatable bonds is 12. The van der Waals surface area contributed by atoms with E-state index >= 15 is 0 Å². The molecule has 0 unspecified atom stereocenters. The van der Waals surface area contributed by atoms with Crippen LogP contribution in [0, 0.1) is 0 Å². The lowest BCUT2D eigenvalue weighted by atomic mass is 10.1. The molecule has 0 heterocycles. The third-order valence-electron chi connectivity index (χ3n) is 3.63. The molecule has 0 aliphatic rings. The van der Waals surface area contributed by atoms with E-state index < -0.39 is 12.0 Å². The lowest BCUT2D eigenvalue weighted by Gasteiger charge is -2.12. The number of allylic oxidation sites excluding steroid dienone is 5. The van der Waals surface area contributed by atoms with Gasteiger partial charge in [-0.3, -0.25) is 4.79 Å². The van der Waals surface area contributed by atoms with E-state index in [1.54, 1.807) is 0 Å². The number of nitrogens with one attached hydrogen (secondary N) is 1. The Kier molecular flexibility index (Phi) is 12.9. The largest absolute Gasteiger partial charge is 0.480 e. The van der Waals surface area contributed by atoms with E-state index in [4.69, 9.17) is 5.11 Å². The molecule has 0 aromatic heterocycles. The number of hydrogen-bond donors (Lipinski definition) is 2. The summed E-state index contributed by atoms with van der Waals surface area (Å²) in [7, 11) is 0. The summed E-state index contributed by atoms with van der Waals surface area (Å²) in [6.45, 7) is 9.87. The average Bonchev–Trinajstić information content (AvgIpc) is 2.49. The van der Waals surface area contributed by atoms with Crippen LogP contribution in [-0.4, -0.2) is 34.5 Å². The molecule has 142 valence electrons. The molecule has 0 fully saturated rings. The predicted octanol–water partition coefficient (Wildman–Crippen LogP) is 4.73. The number of hydrogen-bond acceptors (Lipinski definition) is 3. The van der Waals surface area contributed by atoms with Crippen molar-refractivity contribution in [1.29, 1.82) is 0 Å². The molecule has 1 amide bonds. The van der Waals surface area contributed by atoms with Gasteiger partial charge in [0.15, 0.2) is 0 Å². The van der Waals surface area contributed by atoms with E-state index in [1.807, 2.05) is 0 Å². The third-order valence-corrected chi connectivity index (χ3v) is 4.60. The molecule has 0 aliphatic heterocycles. The highest BCUT2D eigenvalue weighted by molar-refractivity contribution is 7.99. The fraction of sp³-hybridized carbons (Fsp3) is 0.600. The van der Waals surface area contributed by atoms with Crippen LogP contribution in [0.5, 0.6) is 0 Å². The molecule has 0 saturated carbocycles. The molecule has 0 radical (unpaired) electrons. The first-order valence-corrected chi connectivity index (χ1v) is 9.90. The van der Waals surface area contributed by atoms with Crippen LogP contribution in [0.1, 0.15) is 60.3 Å². The van der Waals surface area contributed by atoms with E-state index in [9.17, 15) is 9.59 Å². The van der Waals surface area contributed by atoms with Gasteiger partial charge >= 0.3 is 5.97 Å². The summed E-state index contributed by atoms with van der Waals surface area (Å²) in [6, 6.07) is -0.817. The lowest BCUT2D eigenvalue weighted by molar-refractivity contribution is -0.140. The van der Waals surface area contributed by atoms with Gasteiger partial charge in [-0.15, -0.1) is 0 Å². The highest BCUT2D eigenvalue weighted by Crippen LogP contribution is 2.13. The van der Waals surface area contributed by atoms with Crippen LogP contribution >= 0.6 is 11.8 Å². The smallest absolute Gasteiger partial charge is 0.327 e. The molecular weight excluding hydrogens is 334 g/mol. The Labute approximate surface area is 156 Å². The Bertz CT molecular complexity index is 517. The lowest BCUT2D eigenvalue weighted by Crippen LogP contribution is -2.41. The van der Waals surface area contributed by atoms with Crippen molar-refractivity contribution in [3.63, 3.8) is 0 Å². The summed E-state index contributed by atoms with van der Waals surface area (Å²) in [4.78, 5) is 22.0. The second-order valence-corrected chi connectivity index (χ2v) is 7.66. The second kappa shape index (κ2) is 13.8. The number of thioether (sulfide) groups is 1. The fourth-order valence-corrected chi connectivity index (χ4v) is 3.15. The van der Waals surface area contributed by atoms with Gasteiger partial charge < -0.3 is 10.4 Å². The summed E-state index contributed by atoms with van der Waals surface area (Å²) in [6.07, 6.45) is 11.0. The summed E-state index contributed by atoms with van der Waals surface area (Å²) in [5.74, 6) is -0.163. The Morgan fingerprint density at radius 1 is 0.960 bits per heavy atom. The number of carbonyl (C=O) groups is 2. The minimum atomic E-state index is -0.989. The van der Waals surface area contributed by atoms with E-state index in [0.29, 0.717) is 5.75 Å². The number of aliphatic carboxylic acids is 1. The van der Waals surface area contributed by atoms with Gasteiger partial charge in [0.05, 0.1) is 0 Å². The van der Waals surface area contributed by atoms with Crippen molar-refractivity contribution in [3.8, 4) is 0 Å². The van der Waals surface area contributed by atoms with E-state index in [-0.39, 0.29) is 5.91 Å². The topological polar surface area (TPSA) is 66.4 Å². The zero-order chi connectivity index (χ0) is 19.2. The molecule has 0 aliphatic carbocycles. The minimum absolute atomic E-state index is 0.313. The molecule has 0 aromatic rings. The van der Waals surface area contributed by atoms with Crippen LogP contribution in [0.15, 0.2) is 34.9 Å². The highest BCUT2D eigenvalue weighted by atomic mass is 32.2. The standard InChI is InChI=1S/C20H33NO3S/c1-15(2)8-6-9-16(3)10-7-11-17(4)12-13-25-14-19(20(23)24)21-18(5)22/h8,10,12,19H,6-7,9,11,13-14H2,1-5H3,(H,21,22)(H,23,24)/b16-10-,17-12+/t19-/m0/s1. The molecule has 1 atom stereocenters. The molecule has 0 bridgehead atoms. The van der Waals surface area contributed by atoms with Crippen LogP contribution in [-0.2, 0) is 9.59 Å². The first kappa shape index (κ1) is 23.5. The number of carbonyl (C=O) groups excluding carboxylic acids is 1. The maximum atomic E-state index is 11.0. The quantitative estimate of drug-likeness (QED) is 0.387. The van der Waals surface area contributed by atoms with Crippen LogP contribution in [0.4, 0.5) is 0 Å². The molecule has 0 aromatic carbocycles. The van der Waals surface area contributed by atoms with Crippen molar-refractivity contribution in [1.82, 2.24) is 5.32 Å². The normalized spacial score (nSPS) is 13.3. The van der Waals surface area contributed by atoms with Gasteiger partial charge in [0.2, 0.25) is 5.91 Å². The first-order chi connectivity index (χ1) is 11.7. The Balaban J connectivity index is 4.07.